The fourth-order valence-electron chi connectivity index (χ4n) is 4.87. The van der Waals surface area contributed by atoms with Crippen LogP contribution in [0.15, 0.2) is 30.3 Å². The molecule has 2 atom stereocenters. The molecule has 0 radical (unpaired) electrons. The number of carbonyl (C=O) groups is 1. The summed E-state index contributed by atoms with van der Waals surface area (Å²) in [5.41, 5.74) is 2.37. The number of rotatable bonds is 7. The Morgan fingerprint density at radius 2 is 1.97 bits per heavy atom. The normalized spacial score (nSPS) is 18.8. The maximum Gasteiger partial charge on any atom is 0.296 e. The number of amides is 1. The van der Waals surface area contributed by atoms with Crippen LogP contribution in [-0.2, 0) is 19.2 Å². The van der Waals surface area contributed by atoms with E-state index in [2.05, 4.69) is 15.5 Å². The lowest BCUT2D eigenvalue weighted by atomic mass is 9.83. The van der Waals surface area contributed by atoms with Crippen molar-refractivity contribution in [3.05, 3.63) is 58.3 Å². The van der Waals surface area contributed by atoms with E-state index in [1.165, 1.54) is 6.07 Å². The number of aliphatic hydroxyl groups is 1. The molecule has 2 aromatic carbocycles. The van der Waals surface area contributed by atoms with Crippen molar-refractivity contribution in [2.75, 3.05) is 30.5 Å². The van der Waals surface area contributed by atoms with E-state index in [9.17, 15) is 13.6 Å². The van der Waals surface area contributed by atoms with E-state index in [0.717, 1.165) is 22.0 Å². The summed E-state index contributed by atoms with van der Waals surface area (Å²) in [6.45, 7) is 6.18. The third-order valence-corrected chi connectivity index (χ3v) is 7.26. The molecule has 7 nitrogen and oxygen atoms in total. The molecule has 2 N–H and O–H groups in total. The SMILES string of the molecule is Cc1c([C@@H](C)Nc2nnc(C)c3cc4c(cc23)N(C)C(=O)C4(C)COI)cccc1C(F)(F)CO. The summed E-state index contributed by atoms with van der Waals surface area (Å²) in [6, 6.07) is 8.16. The highest BCUT2D eigenvalue weighted by Crippen LogP contribution is 2.45. The van der Waals surface area contributed by atoms with Gasteiger partial charge >= 0.3 is 0 Å². The molecule has 3 aromatic rings. The Morgan fingerprint density at radius 3 is 2.63 bits per heavy atom. The molecule has 35 heavy (non-hydrogen) atoms. The minimum atomic E-state index is -3.33. The van der Waals surface area contributed by atoms with Crippen molar-refractivity contribution >= 4 is 51.2 Å². The van der Waals surface area contributed by atoms with Gasteiger partial charge in [-0.15, -0.1) is 5.10 Å². The Morgan fingerprint density at radius 1 is 1.26 bits per heavy atom. The predicted octanol–water partition coefficient (Wildman–Crippen LogP) is 5.10. The van der Waals surface area contributed by atoms with Gasteiger partial charge in [0, 0.05) is 29.1 Å². The third kappa shape index (κ3) is 4.15. The second-order valence-electron chi connectivity index (χ2n) is 9.25. The van der Waals surface area contributed by atoms with Crippen LogP contribution in [0.3, 0.4) is 0 Å². The minimum absolute atomic E-state index is 0.0572. The zero-order valence-corrected chi connectivity index (χ0v) is 22.3. The summed E-state index contributed by atoms with van der Waals surface area (Å²) in [6.07, 6.45) is 0. The molecule has 0 bridgehead atoms. The Labute approximate surface area is 216 Å². The van der Waals surface area contributed by atoms with Gasteiger partial charge in [0.2, 0.25) is 5.91 Å². The highest BCUT2D eigenvalue weighted by Gasteiger charge is 2.46. The number of carbonyl (C=O) groups excluding carboxylic acids is 1. The first kappa shape index (κ1) is 25.6. The summed E-state index contributed by atoms with van der Waals surface area (Å²) in [7, 11) is 1.73. The van der Waals surface area contributed by atoms with Gasteiger partial charge in [-0.25, -0.2) is 0 Å². The fraction of sp³-hybridized carbons (Fsp3) is 0.400. The van der Waals surface area contributed by atoms with Gasteiger partial charge in [-0.1, -0.05) is 18.2 Å². The Hall–Kier alpha value is -2.44. The molecule has 0 saturated heterocycles. The number of anilines is 2. The van der Waals surface area contributed by atoms with Crippen LogP contribution in [-0.4, -0.2) is 41.5 Å². The van der Waals surface area contributed by atoms with E-state index >= 15 is 0 Å². The lowest BCUT2D eigenvalue weighted by Crippen LogP contribution is -2.39. The van der Waals surface area contributed by atoms with Crippen LogP contribution in [0.25, 0.3) is 10.8 Å². The van der Waals surface area contributed by atoms with Crippen LogP contribution in [0, 0.1) is 13.8 Å². The van der Waals surface area contributed by atoms with Gasteiger partial charge in [-0.3, -0.25) is 4.79 Å². The standard InChI is InChI=1S/C25H27F2IN4O3/c1-13-16(7-6-8-19(13)25(26,27)11-33)14(2)29-22-18-10-21-20(9-17(18)15(3)30-31-22)24(4,12-35-28)23(34)32(21)5/h6-10,14,33H,11-12H2,1-5H3,(H,29,31)/t14-,24?/m1/s1. The van der Waals surface area contributed by atoms with Gasteiger partial charge in [0.15, 0.2) is 5.82 Å². The second-order valence-corrected chi connectivity index (χ2v) is 9.87. The van der Waals surface area contributed by atoms with Crippen LogP contribution >= 0.6 is 23.0 Å². The average molecular weight is 596 g/mol. The molecular weight excluding hydrogens is 569 g/mol. The first-order chi connectivity index (χ1) is 16.5. The van der Waals surface area contributed by atoms with Gasteiger partial charge in [0.1, 0.15) is 29.6 Å². The van der Waals surface area contributed by atoms with E-state index in [1.807, 2.05) is 32.9 Å². The molecular formula is C25H27F2IN4O3. The number of hydrogen-bond donors (Lipinski definition) is 2. The van der Waals surface area contributed by atoms with Crippen molar-refractivity contribution < 1.29 is 21.7 Å². The number of alkyl halides is 2. The molecule has 10 heteroatoms. The molecule has 1 unspecified atom stereocenters. The molecule has 1 amide bonds. The molecule has 186 valence electrons. The van der Waals surface area contributed by atoms with Gasteiger partial charge in [0.05, 0.1) is 23.8 Å². The second kappa shape index (κ2) is 9.21. The lowest BCUT2D eigenvalue weighted by molar-refractivity contribution is -0.123. The molecule has 4 rings (SSSR count). The van der Waals surface area contributed by atoms with Gasteiger partial charge in [-0.05, 0) is 56.5 Å². The van der Waals surface area contributed by atoms with E-state index in [0.29, 0.717) is 22.6 Å². The Bertz CT molecular complexity index is 1320. The van der Waals surface area contributed by atoms with Crippen molar-refractivity contribution in [2.24, 2.45) is 0 Å². The Balaban J connectivity index is 1.80. The number of likely N-dealkylation sites (N-methyl/N-ethyl adjacent to an activating group) is 1. The van der Waals surface area contributed by atoms with E-state index in [4.69, 9.17) is 8.17 Å². The zero-order valence-electron chi connectivity index (χ0n) is 20.1. The molecule has 0 fully saturated rings. The van der Waals surface area contributed by atoms with Crippen molar-refractivity contribution in [2.45, 2.75) is 45.1 Å². The number of aromatic nitrogens is 2. The monoisotopic (exact) mass is 596 g/mol. The summed E-state index contributed by atoms with van der Waals surface area (Å²) in [4.78, 5) is 14.7. The van der Waals surface area contributed by atoms with Crippen LogP contribution in [0.4, 0.5) is 20.3 Å². The number of nitrogens with zero attached hydrogens (tertiary/aromatic N) is 3. The van der Waals surface area contributed by atoms with E-state index in [-0.39, 0.29) is 24.1 Å². The average Bonchev–Trinajstić information content (AvgIpc) is 3.01. The number of benzene rings is 2. The van der Waals surface area contributed by atoms with Crippen molar-refractivity contribution in [1.82, 2.24) is 10.2 Å². The fourth-order valence-corrected chi connectivity index (χ4v) is 5.50. The first-order valence-electron chi connectivity index (χ1n) is 11.1. The molecule has 1 aliphatic heterocycles. The summed E-state index contributed by atoms with van der Waals surface area (Å²) in [5.74, 6) is -2.90. The van der Waals surface area contributed by atoms with Crippen molar-refractivity contribution in [1.29, 1.82) is 0 Å². The highest BCUT2D eigenvalue weighted by atomic mass is 127. The highest BCUT2D eigenvalue weighted by molar-refractivity contribution is 14.1. The number of aliphatic hydroxyl groups excluding tert-OH is 1. The van der Waals surface area contributed by atoms with E-state index < -0.39 is 17.9 Å². The molecule has 2 heterocycles. The number of nitrogens with one attached hydrogen (secondary N) is 1. The third-order valence-electron chi connectivity index (χ3n) is 6.94. The van der Waals surface area contributed by atoms with Gasteiger partial charge < -0.3 is 18.4 Å². The van der Waals surface area contributed by atoms with Crippen LogP contribution in [0.5, 0.6) is 0 Å². The summed E-state index contributed by atoms with van der Waals surface area (Å²) < 4.78 is 33.8. The molecule has 0 aliphatic carbocycles. The summed E-state index contributed by atoms with van der Waals surface area (Å²) in [5, 5.41) is 22.7. The molecule has 0 saturated carbocycles. The number of halogens is 3. The van der Waals surface area contributed by atoms with Crippen LogP contribution in [0.1, 0.15) is 47.8 Å². The number of hydrogen-bond acceptors (Lipinski definition) is 6. The van der Waals surface area contributed by atoms with Crippen LogP contribution in [0.2, 0.25) is 0 Å². The van der Waals surface area contributed by atoms with Crippen molar-refractivity contribution in [3.63, 3.8) is 0 Å². The smallest absolute Gasteiger partial charge is 0.296 e. The van der Waals surface area contributed by atoms with Crippen molar-refractivity contribution in [3.8, 4) is 0 Å². The van der Waals surface area contributed by atoms with Gasteiger partial charge in [0.25, 0.3) is 5.92 Å². The lowest BCUT2D eigenvalue weighted by Gasteiger charge is -2.23. The Kier molecular flexibility index (Phi) is 6.75. The maximum atomic E-state index is 14.2. The minimum Gasteiger partial charge on any atom is -0.390 e. The number of aryl methyl sites for hydroxylation is 1. The molecule has 1 aliphatic rings. The van der Waals surface area contributed by atoms with Crippen LogP contribution < -0.4 is 10.2 Å². The zero-order chi connectivity index (χ0) is 25.7. The largest absolute Gasteiger partial charge is 0.390 e. The van der Waals surface area contributed by atoms with Gasteiger partial charge in [-0.2, -0.15) is 13.9 Å². The number of fused-ring (bicyclic) bond motifs is 2. The topological polar surface area (TPSA) is 87.6 Å². The van der Waals surface area contributed by atoms with E-state index in [1.54, 1.807) is 54.0 Å². The summed E-state index contributed by atoms with van der Waals surface area (Å²) >= 11 is 1.80. The predicted molar refractivity (Wildman–Crippen MR) is 139 cm³/mol. The molecule has 0 spiro atoms. The maximum absolute atomic E-state index is 14.2. The first-order valence-corrected chi connectivity index (χ1v) is 12.0. The molecule has 1 aromatic heterocycles. The quantitative estimate of drug-likeness (QED) is 0.369.